The number of aromatic nitrogens is 1. The number of nitrogens with one attached hydrogen (secondary N) is 1. The molecule has 0 aromatic carbocycles. The largest absolute Gasteiger partial charge is 0.492 e. The molecular weight excluding hydrogens is 282 g/mol. The highest BCUT2D eigenvalue weighted by Crippen LogP contribution is 2.23. The normalized spacial score (nSPS) is 18.6. The van der Waals surface area contributed by atoms with Crippen LogP contribution in [-0.2, 0) is 11.2 Å². The Morgan fingerprint density at radius 2 is 2.32 bits per heavy atom. The van der Waals surface area contributed by atoms with Crippen LogP contribution in [0, 0.1) is 0 Å². The van der Waals surface area contributed by atoms with Gasteiger partial charge >= 0.3 is 0 Å². The van der Waals surface area contributed by atoms with Crippen LogP contribution in [0.1, 0.15) is 42.2 Å². The summed E-state index contributed by atoms with van der Waals surface area (Å²) < 4.78 is 5.50. The first kappa shape index (κ1) is 14.8. The number of amides is 2. The van der Waals surface area contributed by atoms with Crippen LogP contribution in [0.4, 0.5) is 0 Å². The predicted molar refractivity (Wildman–Crippen MR) is 80.8 cm³/mol. The minimum absolute atomic E-state index is 0.0939. The number of nitrogens with zero attached hydrogens (tertiary/aromatic N) is 2. The van der Waals surface area contributed by atoms with Gasteiger partial charge in [-0.1, -0.05) is 0 Å². The molecule has 6 nitrogen and oxygen atoms in total. The third-order valence-corrected chi connectivity index (χ3v) is 4.07. The van der Waals surface area contributed by atoms with Crippen LogP contribution < -0.4 is 10.1 Å². The summed E-state index contributed by atoms with van der Waals surface area (Å²) in [7, 11) is 0. The minimum Gasteiger partial charge on any atom is -0.492 e. The van der Waals surface area contributed by atoms with E-state index in [4.69, 9.17) is 4.74 Å². The maximum absolute atomic E-state index is 12.3. The van der Waals surface area contributed by atoms with E-state index in [1.165, 1.54) is 0 Å². The average molecular weight is 303 g/mol. The van der Waals surface area contributed by atoms with E-state index in [2.05, 4.69) is 10.3 Å². The highest BCUT2D eigenvalue weighted by atomic mass is 16.5. The van der Waals surface area contributed by atoms with E-state index in [1.54, 1.807) is 17.2 Å². The van der Waals surface area contributed by atoms with Gasteiger partial charge in [0.15, 0.2) is 0 Å². The van der Waals surface area contributed by atoms with Crippen LogP contribution in [0.25, 0.3) is 0 Å². The highest BCUT2D eigenvalue weighted by molar-refractivity contribution is 5.92. The molecule has 22 heavy (non-hydrogen) atoms. The van der Waals surface area contributed by atoms with Gasteiger partial charge < -0.3 is 15.0 Å². The Bertz CT molecular complexity index is 588. The molecule has 2 aliphatic rings. The van der Waals surface area contributed by atoms with E-state index in [-0.39, 0.29) is 17.9 Å². The van der Waals surface area contributed by atoms with Crippen molar-refractivity contribution >= 4 is 11.8 Å². The first-order valence-corrected chi connectivity index (χ1v) is 7.84. The van der Waals surface area contributed by atoms with Gasteiger partial charge in [-0.05, 0) is 37.8 Å². The molecule has 1 aromatic rings. The molecule has 1 saturated heterocycles. The van der Waals surface area contributed by atoms with Gasteiger partial charge in [-0.25, -0.2) is 4.98 Å². The zero-order chi connectivity index (χ0) is 15.5. The number of pyridine rings is 1. The fraction of sp³-hybridized carbons (Fsp3) is 0.562. The van der Waals surface area contributed by atoms with Gasteiger partial charge in [-0.3, -0.25) is 9.59 Å². The van der Waals surface area contributed by atoms with Gasteiger partial charge in [0.2, 0.25) is 5.91 Å². The van der Waals surface area contributed by atoms with Crippen molar-refractivity contribution in [2.75, 3.05) is 19.7 Å². The lowest BCUT2D eigenvalue weighted by Gasteiger charge is -2.22. The van der Waals surface area contributed by atoms with E-state index in [0.717, 1.165) is 37.1 Å². The second kappa shape index (κ2) is 6.34. The molecule has 0 aliphatic carbocycles. The van der Waals surface area contributed by atoms with Crippen molar-refractivity contribution in [3.05, 3.63) is 23.5 Å². The molecule has 1 N–H and O–H groups in total. The van der Waals surface area contributed by atoms with Gasteiger partial charge in [0.05, 0.1) is 12.8 Å². The van der Waals surface area contributed by atoms with E-state index in [0.29, 0.717) is 25.3 Å². The molecule has 6 heteroatoms. The molecule has 3 heterocycles. The summed E-state index contributed by atoms with van der Waals surface area (Å²) in [5.41, 5.74) is 1.44. The molecule has 0 bridgehead atoms. The molecule has 2 amide bonds. The Labute approximate surface area is 129 Å². The minimum atomic E-state index is -0.201. The smallest absolute Gasteiger partial charge is 0.270 e. The van der Waals surface area contributed by atoms with Crippen molar-refractivity contribution in [3.8, 4) is 5.75 Å². The van der Waals surface area contributed by atoms with Crippen LogP contribution in [0.15, 0.2) is 12.3 Å². The number of hydrogen-bond donors (Lipinski definition) is 1. The Morgan fingerprint density at radius 1 is 1.45 bits per heavy atom. The van der Waals surface area contributed by atoms with Crippen molar-refractivity contribution in [1.82, 2.24) is 15.2 Å². The van der Waals surface area contributed by atoms with Crippen molar-refractivity contribution in [3.63, 3.8) is 0 Å². The monoisotopic (exact) mass is 303 g/mol. The summed E-state index contributed by atoms with van der Waals surface area (Å²) in [4.78, 5) is 29.9. The molecule has 2 aliphatic heterocycles. The first-order chi connectivity index (χ1) is 10.6. The SMILES string of the molecule is CC(CN1CCCC1=O)NC(=O)c1cc2c(cn1)OCCC2. The lowest BCUT2D eigenvalue weighted by atomic mass is 10.1. The van der Waals surface area contributed by atoms with Crippen molar-refractivity contribution < 1.29 is 14.3 Å². The van der Waals surface area contributed by atoms with E-state index in [9.17, 15) is 9.59 Å². The van der Waals surface area contributed by atoms with Gasteiger partial charge in [0.1, 0.15) is 11.4 Å². The number of ether oxygens (including phenoxy) is 1. The lowest BCUT2D eigenvalue weighted by molar-refractivity contribution is -0.127. The number of aryl methyl sites for hydroxylation is 1. The number of fused-ring (bicyclic) bond motifs is 1. The van der Waals surface area contributed by atoms with Crippen molar-refractivity contribution in [1.29, 1.82) is 0 Å². The molecular formula is C16H21N3O3. The topological polar surface area (TPSA) is 71.5 Å². The Hall–Kier alpha value is -2.11. The van der Waals surface area contributed by atoms with Gasteiger partial charge in [0.25, 0.3) is 5.91 Å². The Kier molecular flexibility index (Phi) is 4.27. The molecule has 1 unspecified atom stereocenters. The second-order valence-corrected chi connectivity index (χ2v) is 5.95. The quantitative estimate of drug-likeness (QED) is 0.905. The summed E-state index contributed by atoms with van der Waals surface area (Å²) in [6.45, 7) is 3.96. The van der Waals surface area contributed by atoms with Crippen LogP contribution in [0.5, 0.6) is 5.75 Å². The number of hydrogen-bond acceptors (Lipinski definition) is 4. The lowest BCUT2D eigenvalue weighted by Crippen LogP contribution is -2.42. The third kappa shape index (κ3) is 3.21. The fourth-order valence-electron chi connectivity index (χ4n) is 2.95. The average Bonchev–Trinajstić information content (AvgIpc) is 2.91. The summed E-state index contributed by atoms with van der Waals surface area (Å²) >= 11 is 0. The van der Waals surface area contributed by atoms with Gasteiger partial charge in [-0.15, -0.1) is 0 Å². The number of rotatable bonds is 4. The van der Waals surface area contributed by atoms with Crippen molar-refractivity contribution in [2.45, 2.75) is 38.6 Å². The molecule has 1 atom stereocenters. The van der Waals surface area contributed by atoms with Gasteiger partial charge in [0, 0.05) is 25.6 Å². The van der Waals surface area contributed by atoms with E-state index < -0.39 is 0 Å². The number of carbonyl (C=O) groups is 2. The van der Waals surface area contributed by atoms with Crippen LogP contribution >= 0.6 is 0 Å². The molecule has 0 saturated carbocycles. The Balaban J connectivity index is 1.60. The molecule has 3 rings (SSSR count). The Morgan fingerprint density at radius 3 is 3.09 bits per heavy atom. The molecule has 1 aromatic heterocycles. The third-order valence-electron chi connectivity index (χ3n) is 4.07. The van der Waals surface area contributed by atoms with Gasteiger partial charge in [-0.2, -0.15) is 0 Å². The standard InChI is InChI=1S/C16H21N3O3/c1-11(10-19-6-2-5-15(19)20)18-16(21)13-8-12-4-3-7-22-14(12)9-17-13/h8-9,11H,2-7,10H2,1H3,(H,18,21). The number of likely N-dealkylation sites (tertiary alicyclic amines) is 1. The second-order valence-electron chi connectivity index (χ2n) is 5.95. The molecule has 0 spiro atoms. The van der Waals surface area contributed by atoms with E-state index >= 15 is 0 Å². The molecule has 1 fully saturated rings. The fourth-order valence-corrected chi connectivity index (χ4v) is 2.95. The van der Waals surface area contributed by atoms with Crippen LogP contribution in [0.2, 0.25) is 0 Å². The summed E-state index contributed by atoms with van der Waals surface area (Å²) in [6, 6.07) is 1.71. The van der Waals surface area contributed by atoms with Crippen molar-refractivity contribution in [2.24, 2.45) is 0 Å². The summed E-state index contributed by atoms with van der Waals surface area (Å²) in [5.74, 6) is 0.746. The maximum atomic E-state index is 12.3. The molecule has 0 radical (unpaired) electrons. The zero-order valence-electron chi connectivity index (χ0n) is 12.8. The van der Waals surface area contributed by atoms with Crippen LogP contribution in [-0.4, -0.2) is 47.4 Å². The maximum Gasteiger partial charge on any atom is 0.270 e. The predicted octanol–water partition coefficient (Wildman–Crippen LogP) is 1.15. The molecule has 118 valence electrons. The zero-order valence-corrected chi connectivity index (χ0v) is 12.8. The number of carbonyl (C=O) groups excluding carboxylic acids is 2. The summed E-state index contributed by atoms with van der Waals surface area (Å²) in [6.07, 6.45) is 5.03. The van der Waals surface area contributed by atoms with E-state index in [1.807, 2.05) is 6.92 Å². The summed E-state index contributed by atoms with van der Waals surface area (Å²) in [5, 5.41) is 2.91. The first-order valence-electron chi connectivity index (χ1n) is 7.84. The highest BCUT2D eigenvalue weighted by Gasteiger charge is 2.23. The van der Waals surface area contributed by atoms with Crippen LogP contribution in [0.3, 0.4) is 0 Å².